The molecule has 0 aromatic heterocycles. The van der Waals surface area contributed by atoms with Crippen LogP contribution in [-0.2, 0) is 50.2 Å². The van der Waals surface area contributed by atoms with Gasteiger partial charge in [-0.3, -0.25) is 28.4 Å². The zero-order valence-corrected chi connectivity index (χ0v) is 33.1. The number of aromatic hydroxyl groups is 2. The summed E-state index contributed by atoms with van der Waals surface area (Å²) >= 11 is 0. The molecule has 0 aliphatic rings. The molecule has 53 heavy (non-hydrogen) atoms. The number of nitrogens with two attached hydrogens (primary N) is 2. The second-order valence-corrected chi connectivity index (χ2v) is 13.4. The van der Waals surface area contributed by atoms with Crippen molar-refractivity contribution in [2.24, 2.45) is 11.5 Å². The summed E-state index contributed by atoms with van der Waals surface area (Å²) in [5.74, 6) is -4.63. The molecule has 2 amide bonds. The second kappa shape index (κ2) is 25.1. The van der Waals surface area contributed by atoms with E-state index in [4.69, 9.17) is 20.5 Å². The molecule has 0 heterocycles. The molecule has 23 heteroatoms. The van der Waals surface area contributed by atoms with Gasteiger partial charge in [-0.2, -0.15) is 0 Å². The van der Waals surface area contributed by atoms with Gasteiger partial charge < -0.3 is 61.2 Å². The Morgan fingerprint density at radius 2 is 1.06 bits per heavy atom. The number of phenols is 2. The molecule has 2 aromatic carbocycles. The number of carboxylic acids is 2. The minimum Gasteiger partial charge on any atom is -0.548 e. The van der Waals surface area contributed by atoms with Crippen molar-refractivity contribution in [1.82, 2.24) is 10.6 Å². The van der Waals surface area contributed by atoms with E-state index in [0.29, 0.717) is 24.0 Å². The summed E-state index contributed by atoms with van der Waals surface area (Å²) in [6, 6.07) is 6.02. The van der Waals surface area contributed by atoms with Crippen LogP contribution in [-0.4, -0.2) is 120 Å². The Labute approximate surface area is 335 Å². The molecular formula is C30H44CaN4O16P2. The van der Waals surface area contributed by atoms with Crippen LogP contribution in [0.3, 0.4) is 0 Å². The molecule has 10 N–H and O–H groups in total. The van der Waals surface area contributed by atoms with Crippen LogP contribution in [0.2, 0.25) is 0 Å². The summed E-state index contributed by atoms with van der Waals surface area (Å²) in [6.45, 7) is 3.48. The van der Waals surface area contributed by atoms with Crippen molar-refractivity contribution in [1.29, 1.82) is 0 Å². The molecule has 2 unspecified atom stereocenters. The van der Waals surface area contributed by atoms with Crippen LogP contribution in [0, 0.1) is 0 Å². The second-order valence-electron chi connectivity index (χ2n) is 10.7. The van der Waals surface area contributed by atoms with Gasteiger partial charge in [-0.25, -0.2) is 9.13 Å². The Balaban J connectivity index is 0.00000100. The molecule has 0 radical (unpaired) electrons. The number of phosphoric ester groups is 2. The molecule has 2 aromatic rings. The van der Waals surface area contributed by atoms with Crippen molar-refractivity contribution in [3.63, 3.8) is 0 Å². The van der Waals surface area contributed by atoms with Crippen molar-refractivity contribution >= 4 is 77.1 Å². The largest absolute Gasteiger partial charge is 2.00 e. The molecule has 4 atom stereocenters. The van der Waals surface area contributed by atoms with Crippen LogP contribution in [0.15, 0.2) is 36.4 Å². The van der Waals surface area contributed by atoms with Crippen LogP contribution in [0.25, 0.3) is 0 Å². The maximum absolute atomic E-state index is 11.6. The van der Waals surface area contributed by atoms with Gasteiger partial charge in [0.25, 0.3) is 0 Å². The van der Waals surface area contributed by atoms with Crippen molar-refractivity contribution in [2.45, 2.75) is 64.5 Å². The number of phenolic OH excluding ortho intramolecular Hbond substituents is 2. The third kappa shape index (κ3) is 21.5. The van der Waals surface area contributed by atoms with Gasteiger partial charge in [-0.15, -0.1) is 0 Å². The number of benzene rings is 2. The zero-order chi connectivity index (χ0) is 39.5. The Kier molecular flexibility index (Phi) is 23.7. The normalized spacial score (nSPS) is 14.0. The van der Waals surface area contributed by atoms with Gasteiger partial charge in [0.1, 0.15) is 0 Å². The first kappa shape index (κ1) is 50.0. The average molecular weight is 819 g/mol. The van der Waals surface area contributed by atoms with Gasteiger partial charge in [0.05, 0.1) is 25.2 Å². The maximum Gasteiger partial charge on any atom is 2.00 e. The Morgan fingerprint density at radius 3 is 1.34 bits per heavy atom. The van der Waals surface area contributed by atoms with E-state index in [1.807, 2.05) is 0 Å². The first-order chi connectivity index (χ1) is 24.3. The van der Waals surface area contributed by atoms with Crippen molar-refractivity contribution in [3.05, 3.63) is 47.5 Å². The van der Waals surface area contributed by atoms with E-state index in [-0.39, 0.29) is 125 Å². The van der Waals surface area contributed by atoms with Gasteiger partial charge in [0.2, 0.25) is 11.8 Å². The van der Waals surface area contributed by atoms with E-state index in [9.17, 15) is 58.5 Å². The number of rotatable bonds is 22. The van der Waals surface area contributed by atoms with Crippen LogP contribution in [0.4, 0.5) is 0 Å². The monoisotopic (exact) mass is 818 g/mol. The summed E-state index contributed by atoms with van der Waals surface area (Å²) in [5, 5.41) is 45.8. The predicted molar refractivity (Wildman–Crippen MR) is 184 cm³/mol. The molecule has 2 rings (SSSR count). The van der Waals surface area contributed by atoms with E-state index in [1.165, 1.54) is 38.1 Å². The van der Waals surface area contributed by atoms with E-state index in [2.05, 4.69) is 19.7 Å². The quantitative estimate of drug-likeness (QED) is 0.0493. The molecule has 0 fully saturated rings. The van der Waals surface area contributed by atoms with E-state index in [1.54, 1.807) is 12.1 Å². The van der Waals surface area contributed by atoms with Gasteiger partial charge in [-0.1, -0.05) is 12.1 Å². The fraction of sp³-hybridized carbons (Fsp3) is 0.467. The van der Waals surface area contributed by atoms with Crippen molar-refractivity contribution < 1.29 is 76.6 Å². The van der Waals surface area contributed by atoms with E-state index < -0.39 is 39.7 Å². The minimum atomic E-state index is -4.29. The van der Waals surface area contributed by atoms with Crippen molar-refractivity contribution in [2.75, 3.05) is 26.3 Å². The number of carbonyl (C=O) groups is 4. The predicted octanol–water partition coefficient (Wildman–Crippen LogP) is -1.53. The molecule has 0 bridgehead atoms. The zero-order valence-electron chi connectivity index (χ0n) is 29.1. The molecule has 0 saturated carbocycles. The molecule has 0 spiro atoms. The van der Waals surface area contributed by atoms with Gasteiger partial charge in [-0.05, 0) is 74.9 Å². The summed E-state index contributed by atoms with van der Waals surface area (Å²) in [5.41, 5.74) is 11.8. The molecular weight excluding hydrogens is 774 g/mol. The minimum absolute atomic E-state index is 0. The Morgan fingerprint density at radius 1 is 0.717 bits per heavy atom. The van der Waals surface area contributed by atoms with E-state index >= 15 is 0 Å². The fourth-order valence-corrected chi connectivity index (χ4v) is 5.46. The summed E-state index contributed by atoms with van der Waals surface area (Å²) < 4.78 is 41.6. The number of hydrogen-bond acceptors (Lipinski definition) is 16. The number of amides is 2. The average Bonchev–Trinajstić information content (AvgIpc) is 3.05. The number of aliphatic carboxylic acids is 2. The number of phosphoric acid groups is 2. The standard InChI is InChI=1S/2C15H23N2O8P.Ca/c2*1-2-24-26(22,23)25-13-5-3-10(9-12(13)18)7-8-17-14(19)6-4-11(16)15(20)21;/h2*3,5,9,11,18H,2,4,6-8,16H2,1H3,(H,17,19)(H,20,21)(H,22,23);/q;;+2/p-2/t2*11-;/m00./s1. The molecule has 0 aliphatic carbocycles. The van der Waals surface area contributed by atoms with E-state index in [0.717, 1.165) is 0 Å². The first-order valence-corrected chi connectivity index (χ1v) is 18.7. The number of nitrogens with one attached hydrogen (secondary N) is 2. The fourth-order valence-electron chi connectivity index (χ4n) is 3.90. The third-order valence-corrected chi connectivity index (χ3v) is 8.52. The van der Waals surface area contributed by atoms with Crippen molar-refractivity contribution in [3.8, 4) is 23.0 Å². The third-order valence-electron chi connectivity index (χ3n) is 6.50. The first-order valence-electron chi connectivity index (χ1n) is 15.7. The topological polar surface area (TPSA) is 342 Å². The Hall–Kier alpha value is -3.00. The maximum atomic E-state index is 11.6. The summed E-state index contributed by atoms with van der Waals surface area (Å²) in [4.78, 5) is 62.8. The number of carboxylic acid groups (broad SMARTS) is 2. The van der Waals surface area contributed by atoms with Gasteiger partial charge >= 0.3 is 53.4 Å². The molecule has 20 nitrogen and oxygen atoms in total. The molecule has 0 saturated heterocycles. The van der Waals surface area contributed by atoms with Crippen LogP contribution in [0.1, 0.15) is 50.7 Å². The van der Waals surface area contributed by atoms with Crippen LogP contribution < -0.4 is 41.4 Å². The van der Waals surface area contributed by atoms with Crippen LogP contribution >= 0.6 is 15.6 Å². The SMILES string of the molecule is CCOP(=O)(O)Oc1ccc(CCNC(=O)CC[C@H](N)C(=O)[O-])cc1O.CCOP(=O)(O)Oc1ccc(CCNC(=O)CC[C@H](N)C(=O)[O-])cc1O.[Ca+2]. The Bertz CT molecular complexity index is 1490. The molecule has 0 aliphatic heterocycles. The number of carbonyl (C=O) groups excluding carboxylic acids is 4. The smallest absolute Gasteiger partial charge is 0.548 e. The molecule has 292 valence electrons. The summed E-state index contributed by atoms with van der Waals surface area (Å²) in [6.07, 6.45) is 0.597. The number of hydrogen-bond donors (Lipinski definition) is 8. The van der Waals surface area contributed by atoms with Gasteiger partial charge in [0, 0.05) is 38.0 Å². The summed E-state index contributed by atoms with van der Waals surface area (Å²) in [7, 11) is -8.57. The van der Waals surface area contributed by atoms with Crippen LogP contribution in [0.5, 0.6) is 23.0 Å². The van der Waals surface area contributed by atoms with Gasteiger partial charge in [0.15, 0.2) is 23.0 Å².